The van der Waals surface area contributed by atoms with E-state index < -0.39 is 0 Å². The van der Waals surface area contributed by atoms with Gasteiger partial charge in [-0.3, -0.25) is 9.67 Å². The molecule has 0 saturated heterocycles. The molecule has 0 bridgehead atoms. The molecule has 27 heavy (non-hydrogen) atoms. The van der Waals surface area contributed by atoms with Crippen molar-refractivity contribution in [2.24, 2.45) is 4.99 Å². The van der Waals surface area contributed by atoms with Crippen molar-refractivity contribution < 1.29 is 4.39 Å². The van der Waals surface area contributed by atoms with Gasteiger partial charge in [-0.15, -0.1) is 24.0 Å². The number of nitrogens with zero attached hydrogens (tertiary/aromatic N) is 3. The van der Waals surface area contributed by atoms with Gasteiger partial charge in [0.25, 0.3) is 0 Å². The van der Waals surface area contributed by atoms with Gasteiger partial charge in [0.2, 0.25) is 0 Å². The van der Waals surface area contributed by atoms with Gasteiger partial charge in [-0.2, -0.15) is 5.10 Å². The summed E-state index contributed by atoms with van der Waals surface area (Å²) in [7, 11) is 1.71. The fourth-order valence-corrected chi connectivity index (χ4v) is 3.39. The van der Waals surface area contributed by atoms with Crippen molar-refractivity contribution in [1.29, 1.82) is 0 Å². The van der Waals surface area contributed by atoms with Crippen LogP contribution in [-0.4, -0.2) is 28.8 Å². The summed E-state index contributed by atoms with van der Waals surface area (Å²) >= 11 is 6.08. The van der Waals surface area contributed by atoms with E-state index in [2.05, 4.69) is 35.7 Å². The Hall–Kier alpha value is -1.35. The van der Waals surface area contributed by atoms with Crippen LogP contribution < -0.4 is 10.6 Å². The average Bonchev–Trinajstić information content (AvgIpc) is 3.04. The summed E-state index contributed by atoms with van der Waals surface area (Å²) in [6.07, 6.45) is 5.02. The Balaban J connectivity index is 0.00000261. The van der Waals surface area contributed by atoms with E-state index in [1.165, 1.54) is 11.6 Å². The summed E-state index contributed by atoms with van der Waals surface area (Å²) in [6, 6.07) is 5.31. The predicted octanol–water partition coefficient (Wildman–Crippen LogP) is 4.10. The highest BCUT2D eigenvalue weighted by Gasteiger charge is 2.23. The normalized spacial score (nSPS) is 16.7. The number of rotatable bonds is 4. The molecule has 1 heterocycles. The van der Waals surface area contributed by atoms with Crippen LogP contribution in [-0.2, 0) is 19.4 Å². The van der Waals surface area contributed by atoms with Gasteiger partial charge in [-0.05, 0) is 44.4 Å². The number of aromatic nitrogens is 2. The van der Waals surface area contributed by atoms with Crippen LogP contribution in [0.4, 0.5) is 4.39 Å². The number of hydrogen-bond donors (Lipinski definition) is 2. The molecule has 1 atom stereocenters. The molecule has 1 aromatic carbocycles. The highest BCUT2D eigenvalue weighted by Crippen LogP contribution is 2.22. The van der Waals surface area contributed by atoms with Crippen LogP contribution in [0.15, 0.2) is 29.4 Å². The molecule has 0 aliphatic heterocycles. The molecule has 0 radical (unpaired) electrons. The topological polar surface area (TPSA) is 54.2 Å². The molecule has 0 fully saturated rings. The number of aryl methyl sites for hydroxylation is 1. The lowest BCUT2D eigenvalue weighted by Gasteiger charge is -2.24. The van der Waals surface area contributed by atoms with Crippen molar-refractivity contribution >= 4 is 41.5 Å². The molecule has 0 saturated carbocycles. The molecule has 5 nitrogen and oxygen atoms in total. The maximum absolute atomic E-state index is 13.9. The molecular weight excluding hydrogens is 480 g/mol. The largest absolute Gasteiger partial charge is 0.353 e. The zero-order valence-corrected chi connectivity index (χ0v) is 18.9. The van der Waals surface area contributed by atoms with Gasteiger partial charge in [-0.25, -0.2) is 4.39 Å². The molecular formula is C19H26ClFIN5. The maximum atomic E-state index is 13.9. The van der Waals surface area contributed by atoms with Crippen LogP contribution in [0.25, 0.3) is 0 Å². The van der Waals surface area contributed by atoms with Gasteiger partial charge >= 0.3 is 0 Å². The molecule has 1 unspecified atom stereocenters. The van der Waals surface area contributed by atoms with Crippen LogP contribution in [0.1, 0.15) is 43.1 Å². The van der Waals surface area contributed by atoms with Gasteiger partial charge < -0.3 is 10.6 Å². The molecule has 1 aliphatic rings. The molecule has 8 heteroatoms. The molecule has 3 rings (SSSR count). The maximum Gasteiger partial charge on any atom is 0.191 e. The van der Waals surface area contributed by atoms with E-state index in [0.29, 0.717) is 22.6 Å². The van der Waals surface area contributed by atoms with Gasteiger partial charge in [0, 0.05) is 48.9 Å². The molecule has 1 aromatic heterocycles. The third-order valence-corrected chi connectivity index (χ3v) is 5.04. The van der Waals surface area contributed by atoms with E-state index in [0.717, 1.165) is 25.0 Å². The molecule has 0 spiro atoms. The highest BCUT2D eigenvalue weighted by atomic mass is 127. The van der Waals surface area contributed by atoms with Crippen LogP contribution >= 0.6 is 35.6 Å². The van der Waals surface area contributed by atoms with E-state index in [9.17, 15) is 4.39 Å². The number of benzene rings is 1. The summed E-state index contributed by atoms with van der Waals surface area (Å²) in [4.78, 5) is 4.25. The number of guanidine groups is 1. The van der Waals surface area contributed by atoms with Gasteiger partial charge in [-0.1, -0.05) is 17.7 Å². The van der Waals surface area contributed by atoms with E-state index in [1.807, 2.05) is 4.68 Å². The Kier molecular flexibility index (Phi) is 7.91. The second-order valence-corrected chi connectivity index (χ2v) is 7.29. The monoisotopic (exact) mass is 505 g/mol. The number of halogens is 3. The molecule has 0 amide bonds. The summed E-state index contributed by atoms with van der Waals surface area (Å²) in [5, 5.41) is 11.7. The SMILES string of the molecule is CN=C(NCc1c(F)cccc1Cl)NC1CCc2cn(C(C)C)nc2C1.I. The van der Waals surface area contributed by atoms with Gasteiger partial charge in [0.1, 0.15) is 5.82 Å². The van der Waals surface area contributed by atoms with Crippen LogP contribution in [0.3, 0.4) is 0 Å². The van der Waals surface area contributed by atoms with Gasteiger partial charge in [0.15, 0.2) is 5.96 Å². The minimum absolute atomic E-state index is 0. The molecule has 1 aliphatic carbocycles. The quantitative estimate of drug-likeness (QED) is 0.374. The lowest BCUT2D eigenvalue weighted by Crippen LogP contribution is -2.45. The van der Waals surface area contributed by atoms with Gasteiger partial charge in [0.05, 0.1) is 5.69 Å². The summed E-state index contributed by atoms with van der Waals surface area (Å²) in [5.41, 5.74) is 2.92. The first-order valence-corrected chi connectivity index (χ1v) is 9.32. The zero-order valence-electron chi connectivity index (χ0n) is 15.8. The summed E-state index contributed by atoms with van der Waals surface area (Å²) < 4.78 is 15.9. The third-order valence-electron chi connectivity index (χ3n) is 4.68. The first-order valence-electron chi connectivity index (χ1n) is 8.95. The first kappa shape index (κ1) is 21.9. The first-order chi connectivity index (χ1) is 12.5. The molecule has 2 N–H and O–H groups in total. The van der Waals surface area contributed by atoms with Crippen LogP contribution in [0.5, 0.6) is 0 Å². The highest BCUT2D eigenvalue weighted by molar-refractivity contribution is 14.0. The Morgan fingerprint density at radius 1 is 1.44 bits per heavy atom. The fraction of sp³-hybridized carbons (Fsp3) is 0.474. The van der Waals surface area contributed by atoms with Crippen molar-refractivity contribution in [2.45, 2.75) is 51.7 Å². The van der Waals surface area contributed by atoms with Crippen LogP contribution in [0, 0.1) is 5.82 Å². The van der Waals surface area contributed by atoms with Crippen molar-refractivity contribution in [3.8, 4) is 0 Å². The van der Waals surface area contributed by atoms with Crippen molar-refractivity contribution in [1.82, 2.24) is 20.4 Å². The minimum atomic E-state index is -0.318. The second-order valence-electron chi connectivity index (χ2n) is 6.88. The van der Waals surface area contributed by atoms with Crippen molar-refractivity contribution in [3.05, 3.63) is 52.1 Å². The standard InChI is InChI=1S/C19H25ClFN5.HI/c1-12(2)26-11-13-7-8-14(9-18(13)25-26)24-19(22-3)23-10-15-16(20)5-4-6-17(15)21;/h4-6,11-12,14H,7-10H2,1-3H3,(H2,22,23,24);1H. The number of hydrogen-bond acceptors (Lipinski definition) is 2. The Labute approximate surface area is 181 Å². The minimum Gasteiger partial charge on any atom is -0.353 e. The van der Waals surface area contributed by atoms with E-state index in [1.54, 1.807) is 19.2 Å². The van der Waals surface area contributed by atoms with Crippen molar-refractivity contribution in [2.75, 3.05) is 7.05 Å². The third kappa shape index (κ3) is 5.34. The molecule has 2 aromatic rings. The Morgan fingerprint density at radius 3 is 2.89 bits per heavy atom. The Morgan fingerprint density at radius 2 is 2.22 bits per heavy atom. The van der Waals surface area contributed by atoms with E-state index >= 15 is 0 Å². The van der Waals surface area contributed by atoms with Crippen molar-refractivity contribution in [3.63, 3.8) is 0 Å². The molecule has 148 valence electrons. The average molecular weight is 506 g/mol. The second kappa shape index (κ2) is 9.73. The number of aliphatic imine (C=N–C) groups is 1. The fourth-order valence-electron chi connectivity index (χ4n) is 3.16. The summed E-state index contributed by atoms with van der Waals surface area (Å²) in [6.45, 7) is 4.55. The van der Waals surface area contributed by atoms with Crippen LogP contribution in [0.2, 0.25) is 5.02 Å². The number of nitrogens with one attached hydrogen (secondary N) is 2. The number of fused-ring (bicyclic) bond motifs is 1. The Bertz CT molecular complexity index is 785. The lowest BCUT2D eigenvalue weighted by atomic mass is 9.94. The predicted molar refractivity (Wildman–Crippen MR) is 119 cm³/mol. The van der Waals surface area contributed by atoms with E-state index in [4.69, 9.17) is 16.7 Å². The lowest BCUT2D eigenvalue weighted by molar-refractivity contribution is 0.499. The van der Waals surface area contributed by atoms with E-state index in [-0.39, 0.29) is 42.4 Å². The zero-order chi connectivity index (χ0) is 18.7. The smallest absolute Gasteiger partial charge is 0.191 e. The summed E-state index contributed by atoms with van der Waals surface area (Å²) in [5.74, 6) is 0.322.